The van der Waals surface area contributed by atoms with Gasteiger partial charge in [0.05, 0.1) is 12.1 Å². The Hall–Kier alpha value is -1.78. The standard InChI is InChI=1S/C18H21NO3.ClH/c20-18(21)14-8-6-13(7-9-14)17-11-10-16(22-17)12-19-15-4-2-1-3-5-15;/h6-11,15,19H,1-5,12H2,(H,20,21);1H. The van der Waals surface area contributed by atoms with Gasteiger partial charge in [0, 0.05) is 11.6 Å². The Morgan fingerprint density at radius 2 is 1.78 bits per heavy atom. The van der Waals surface area contributed by atoms with E-state index in [2.05, 4.69) is 5.32 Å². The third kappa shape index (κ3) is 4.60. The molecule has 1 fully saturated rings. The lowest BCUT2D eigenvalue weighted by Crippen LogP contribution is -2.30. The average molecular weight is 336 g/mol. The van der Waals surface area contributed by atoms with E-state index in [-0.39, 0.29) is 18.0 Å². The lowest BCUT2D eigenvalue weighted by Gasteiger charge is -2.22. The van der Waals surface area contributed by atoms with Crippen LogP contribution in [0.4, 0.5) is 0 Å². The molecule has 5 heteroatoms. The number of rotatable bonds is 5. The molecule has 1 aliphatic carbocycles. The Balaban J connectivity index is 0.00000192. The van der Waals surface area contributed by atoms with Gasteiger partial charge in [-0.15, -0.1) is 12.4 Å². The first-order valence-corrected chi connectivity index (χ1v) is 7.88. The number of furan rings is 1. The third-order valence-corrected chi connectivity index (χ3v) is 4.25. The molecule has 0 bridgehead atoms. The molecule has 1 aromatic heterocycles. The van der Waals surface area contributed by atoms with Gasteiger partial charge in [0.25, 0.3) is 0 Å². The van der Waals surface area contributed by atoms with E-state index in [1.807, 2.05) is 12.1 Å². The van der Waals surface area contributed by atoms with Crippen LogP contribution in [0.15, 0.2) is 40.8 Å². The Morgan fingerprint density at radius 1 is 1.09 bits per heavy atom. The number of halogens is 1. The van der Waals surface area contributed by atoms with Gasteiger partial charge in [-0.25, -0.2) is 4.79 Å². The molecule has 0 atom stereocenters. The highest BCUT2D eigenvalue weighted by atomic mass is 35.5. The summed E-state index contributed by atoms with van der Waals surface area (Å²) in [5, 5.41) is 12.5. The first kappa shape index (κ1) is 17.6. The summed E-state index contributed by atoms with van der Waals surface area (Å²) < 4.78 is 5.85. The highest BCUT2D eigenvalue weighted by Crippen LogP contribution is 2.23. The maximum Gasteiger partial charge on any atom is 0.335 e. The molecule has 0 amide bonds. The van der Waals surface area contributed by atoms with Gasteiger partial charge in [-0.05, 0) is 37.1 Å². The summed E-state index contributed by atoms with van der Waals surface area (Å²) in [7, 11) is 0. The molecule has 1 aromatic carbocycles. The fraction of sp³-hybridized carbons (Fsp3) is 0.389. The van der Waals surface area contributed by atoms with Crippen molar-refractivity contribution < 1.29 is 14.3 Å². The number of benzene rings is 1. The van der Waals surface area contributed by atoms with E-state index in [1.54, 1.807) is 24.3 Å². The predicted molar refractivity (Wildman–Crippen MR) is 92.1 cm³/mol. The molecule has 0 unspecified atom stereocenters. The molecule has 23 heavy (non-hydrogen) atoms. The van der Waals surface area contributed by atoms with Crippen molar-refractivity contribution in [3.63, 3.8) is 0 Å². The maximum absolute atomic E-state index is 10.9. The molecular weight excluding hydrogens is 314 g/mol. The first-order valence-electron chi connectivity index (χ1n) is 7.88. The summed E-state index contributed by atoms with van der Waals surface area (Å²) in [6, 6.07) is 11.3. The van der Waals surface area contributed by atoms with Crippen molar-refractivity contribution in [1.29, 1.82) is 0 Å². The summed E-state index contributed by atoms with van der Waals surface area (Å²) in [6.45, 7) is 0.748. The Labute approximate surface area is 142 Å². The van der Waals surface area contributed by atoms with E-state index in [9.17, 15) is 4.79 Å². The van der Waals surface area contributed by atoms with Crippen molar-refractivity contribution in [3.05, 3.63) is 47.7 Å². The van der Waals surface area contributed by atoms with Gasteiger partial charge in [-0.3, -0.25) is 0 Å². The number of aromatic carboxylic acids is 1. The van der Waals surface area contributed by atoms with Crippen LogP contribution in [0.1, 0.15) is 48.2 Å². The summed E-state index contributed by atoms with van der Waals surface area (Å²) in [5.41, 5.74) is 1.18. The van der Waals surface area contributed by atoms with Crippen LogP contribution in [-0.4, -0.2) is 17.1 Å². The van der Waals surface area contributed by atoms with E-state index < -0.39 is 5.97 Å². The smallest absolute Gasteiger partial charge is 0.335 e. The van der Waals surface area contributed by atoms with E-state index in [1.165, 1.54) is 32.1 Å². The molecule has 1 saturated carbocycles. The van der Waals surface area contributed by atoms with Crippen LogP contribution in [-0.2, 0) is 6.54 Å². The van der Waals surface area contributed by atoms with Crippen molar-refractivity contribution in [3.8, 4) is 11.3 Å². The SMILES string of the molecule is Cl.O=C(O)c1ccc(-c2ccc(CNC3CCCCC3)o2)cc1. The Morgan fingerprint density at radius 3 is 2.43 bits per heavy atom. The molecule has 0 spiro atoms. The zero-order chi connectivity index (χ0) is 15.4. The molecule has 0 radical (unpaired) electrons. The molecule has 3 rings (SSSR count). The first-order chi connectivity index (χ1) is 10.7. The van der Waals surface area contributed by atoms with Gasteiger partial charge in [-0.2, -0.15) is 0 Å². The minimum Gasteiger partial charge on any atom is -0.478 e. The lowest BCUT2D eigenvalue weighted by atomic mass is 9.95. The number of carboxylic acid groups (broad SMARTS) is 1. The number of nitrogens with one attached hydrogen (secondary N) is 1. The van der Waals surface area contributed by atoms with Gasteiger partial charge in [0.1, 0.15) is 11.5 Å². The van der Waals surface area contributed by atoms with Crippen LogP contribution >= 0.6 is 12.4 Å². The molecule has 2 N–H and O–H groups in total. The quantitative estimate of drug-likeness (QED) is 0.845. The summed E-state index contributed by atoms with van der Waals surface area (Å²) >= 11 is 0. The highest BCUT2D eigenvalue weighted by molar-refractivity contribution is 5.88. The molecule has 2 aromatic rings. The summed E-state index contributed by atoms with van der Waals surface area (Å²) in [4.78, 5) is 10.9. The van der Waals surface area contributed by atoms with E-state index >= 15 is 0 Å². The van der Waals surface area contributed by atoms with Crippen LogP contribution in [0.2, 0.25) is 0 Å². The molecule has 1 heterocycles. The van der Waals surface area contributed by atoms with E-state index in [0.29, 0.717) is 6.04 Å². The number of carboxylic acids is 1. The summed E-state index contributed by atoms with van der Waals surface area (Å²) in [6.07, 6.45) is 6.50. The van der Waals surface area contributed by atoms with Crippen molar-refractivity contribution in [1.82, 2.24) is 5.32 Å². The molecular formula is C18H22ClNO3. The normalized spacial score (nSPS) is 15.1. The van der Waals surface area contributed by atoms with Gasteiger partial charge < -0.3 is 14.8 Å². The van der Waals surface area contributed by atoms with Gasteiger partial charge in [0.2, 0.25) is 0 Å². The van der Waals surface area contributed by atoms with Crippen molar-refractivity contribution in [2.24, 2.45) is 0 Å². The molecule has 4 nitrogen and oxygen atoms in total. The second kappa shape index (κ2) is 8.18. The molecule has 124 valence electrons. The van der Waals surface area contributed by atoms with Crippen LogP contribution < -0.4 is 5.32 Å². The Bertz CT molecular complexity index is 630. The number of carbonyl (C=O) groups is 1. The third-order valence-electron chi connectivity index (χ3n) is 4.25. The zero-order valence-electron chi connectivity index (χ0n) is 13.0. The Kier molecular flexibility index (Phi) is 6.25. The van der Waals surface area contributed by atoms with Crippen molar-refractivity contribution in [2.75, 3.05) is 0 Å². The second-order valence-electron chi connectivity index (χ2n) is 5.86. The topological polar surface area (TPSA) is 62.5 Å². The fourth-order valence-corrected chi connectivity index (χ4v) is 2.96. The van der Waals surface area contributed by atoms with E-state index in [4.69, 9.17) is 9.52 Å². The van der Waals surface area contributed by atoms with Gasteiger partial charge >= 0.3 is 5.97 Å². The van der Waals surface area contributed by atoms with Crippen LogP contribution in [0.25, 0.3) is 11.3 Å². The van der Waals surface area contributed by atoms with Crippen LogP contribution in [0, 0.1) is 0 Å². The van der Waals surface area contributed by atoms with Crippen LogP contribution in [0.3, 0.4) is 0 Å². The van der Waals surface area contributed by atoms with Crippen LogP contribution in [0.5, 0.6) is 0 Å². The van der Waals surface area contributed by atoms with Crippen molar-refractivity contribution in [2.45, 2.75) is 44.7 Å². The number of hydrogen-bond donors (Lipinski definition) is 2. The average Bonchev–Trinajstić information content (AvgIpc) is 3.03. The molecule has 0 saturated heterocycles. The van der Waals surface area contributed by atoms with Gasteiger partial charge in [0.15, 0.2) is 0 Å². The summed E-state index contributed by atoms with van der Waals surface area (Å²) in [5.74, 6) is 0.781. The zero-order valence-corrected chi connectivity index (χ0v) is 13.8. The van der Waals surface area contributed by atoms with E-state index in [0.717, 1.165) is 23.6 Å². The molecule has 0 aliphatic heterocycles. The fourth-order valence-electron chi connectivity index (χ4n) is 2.96. The maximum atomic E-state index is 10.9. The molecule has 1 aliphatic rings. The monoisotopic (exact) mass is 335 g/mol. The van der Waals surface area contributed by atoms with Gasteiger partial charge in [-0.1, -0.05) is 31.4 Å². The lowest BCUT2D eigenvalue weighted by molar-refractivity contribution is 0.0697. The number of hydrogen-bond acceptors (Lipinski definition) is 3. The highest BCUT2D eigenvalue weighted by Gasteiger charge is 2.13. The largest absolute Gasteiger partial charge is 0.478 e. The minimum atomic E-state index is -0.914. The minimum absolute atomic E-state index is 0. The van der Waals surface area contributed by atoms with Crippen molar-refractivity contribution >= 4 is 18.4 Å². The predicted octanol–water partition coefficient (Wildman–Crippen LogP) is 4.49. The second-order valence-corrected chi connectivity index (χ2v) is 5.86.